The number of hydrogen-bond donors (Lipinski definition) is 0. The lowest BCUT2D eigenvalue weighted by molar-refractivity contribution is 0.214. The smallest absolute Gasteiger partial charge is 0.0456 e. The summed E-state index contributed by atoms with van der Waals surface area (Å²) in [6, 6.07) is 4.70. The van der Waals surface area contributed by atoms with Crippen LogP contribution in [0.4, 0.5) is 5.69 Å². The Balaban J connectivity index is 2.48. The minimum absolute atomic E-state index is 0.132. The zero-order valence-corrected chi connectivity index (χ0v) is 14.6. The molecule has 0 radical (unpaired) electrons. The number of hydrogen-bond acceptors (Lipinski definition) is 1. The first-order chi connectivity index (χ1) is 8.88. The fourth-order valence-corrected chi connectivity index (χ4v) is 4.67. The van der Waals surface area contributed by atoms with Gasteiger partial charge in [0.15, 0.2) is 0 Å². The summed E-state index contributed by atoms with van der Waals surface area (Å²) in [4.78, 5) is 2.72. The fraction of sp³-hybridized carbons (Fsp3) is 0.684. The molecular weight excluding hydrogens is 242 g/mol. The van der Waals surface area contributed by atoms with Gasteiger partial charge in [-0.1, -0.05) is 39.8 Å². The molecule has 20 heavy (non-hydrogen) atoms. The molecule has 2 heterocycles. The maximum Gasteiger partial charge on any atom is 0.0456 e. The van der Waals surface area contributed by atoms with Crippen molar-refractivity contribution in [3.05, 3.63) is 28.8 Å². The Hall–Kier alpha value is -0.980. The van der Waals surface area contributed by atoms with Crippen molar-refractivity contribution in [2.45, 2.75) is 84.2 Å². The monoisotopic (exact) mass is 271 g/mol. The summed E-state index contributed by atoms with van der Waals surface area (Å²) in [5, 5.41) is 0. The number of benzene rings is 1. The van der Waals surface area contributed by atoms with Gasteiger partial charge in [-0.15, -0.1) is 0 Å². The summed E-state index contributed by atoms with van der Waals surface area (Å²) >= 11 is 0. The summed E-state index contributed by atoms with van der Waals surface area (Å²) in [7, 11) is 0. The summed E-state index contributed by atoms with van der Waals surface area (Å²) in [5.74, 6) is 0. The molecule has 2 aliphatic heterocycles. The molecule has 0 fully saturated rings. The number of anilines is 1. The summed E-state index contributed by atoms with van der Waals surface area (Å²) < 4.78 is 0. The van der Waals surface area contributed by atoms with Crippen LogP contribution in [0.2, 0.25) is 0 Å². The summed E-state index contributed by atoms with van der Waals surface area (Å²) in [6.45, 7) is 21.6. The standard InChI is InChI=1S/C19H29N/c1-12-10-11-13-15-14(12)17(4,5)19(8,9)20(15)18(6,7)16(13,2)3/h10-11H,1-9H3. The maximum atomic E-state index is 2.72. The average Bonchev–Trinajstić information content (AvgIpc) is 2.52. The molecule has 1 nitrogen and oxygen atoms in total. The zero-order chi connectivity index (χ0) is 15.3. The van der Waals surface area contributed by atoms with Gasteiger partial charge in [0.05, 0.1) is 0 Å². The highest BCUT2D eigenvalue weighted by molar-refractivity contribution is 5.79. The van der Waals surface area contributed by atoms with Gasteiger partial charge in [-0.25, -0.2) is 0 Å². The highest BCUT2D eigenvalue weighted by Crippen LogP contribution is 2.64. The van der Waals surface area contributed by atoms with E-state index in [2.05, 4.69) is 79.3 Å². The Morgan fingerprint density at radius 3 is 1.80 bits per heavy atom. The molecule has 1 aromatic rings. The molecule has 2 aliphatic rings. The van der Waals surface area contributed by atoms with Crippen LogP contribution < -0.4 is 4.90 Å². The lowest BCUT2D eigenvalue weighted by Gasteiger charge is -2.52. The van der Waals surface area contributed by atoms with Crippen LogP contribution >= 0.6 is 0 Å². The van der Waals surface area contributed by atoms with Crippen LogP contribution in [0.5, 0.6) is 0 Å². The first-order valence-electron chi connectivity index (χ1n) is 7.83. The van der Waals surface area contributed by atoms with E-state index in [0.29, 0.717) is 0 Å². The topological polar surface area (TPSA) is 3.24 Å². The van der Waals surface area contributed by atoms with Crippen molar-refractivity contribution >= 4 is 5.69 Å². The SMILES string of the molecule is Cc1ccc2c3c1C(C)(C)C(C)(C)N3C(C)(C)C2(C)C. The highest BCUT2D eigenvalue weighted by Gasteiger charge is 2.64. The molecule has 0 saturated heterocycles. The van der Waals surface area contributed by atoms with Gasteiger partial charge in [0.25, 0.3) is 0 Å². The lowest BCUT2D eigenvalue weighted by atomic mass is 9.65. The molecular formula is C19H29N. The Kier molecular flexibility index (Phi) is 2.28. The zero-order valence-electron chi connectivity index (χ0n) is 14.6. The van der Waals surface area contributed by atoms with Crippen LogP contribution in [0.25, 0.3) is 0 Å². The average molecular weight is 271 g/mol. The fourth-order valence-electron chi connectivity index (χ4n) is 4.67. The molecule has 0 atom stereocenters. The lowest BCUT2D eigenvalue weighted by Crippen LogP contribution is -2.62. The second-order valence-corrected chi connectivity index (χ2v) is 8.86. The van der Waals surface area contributed by atoms with E-state index in [-0.39, 0.29) is 21.9 Å². The van der Waals surface area contributed by atoms with E-state index in [1.54, 1.807) is 5.56 Å². The predicted octanol–water partition coefficient (Wildman–Crippen LogP) is 4.94. The van der Waals surface area contributed by atoms with Gasteiger partial charge in [0.1, 0.15) is 0 Å². The van der Waals surface area contributed by atoms with E-state index in [1.807, 2.05) is 0 Å². The molecule has 1 heteroatoms. The summed E-state index contributed by atoms with van der Waals surface area (Å²) in [6.07, 6.45) is 0. The third-order valence-corrected chi connectivity index (χ3v) is 7.09. The Bertz CT molecular complexity index is 602. The molecule has 0 saturated carbocycles. The van der Waals surface area contributed by atoms with Crippen molar-refractivity contribution in [2.75, 3.05) is 4.90 Å². The largest absolute Gasteiger partial charge is 0.359 e. The van der Waals surface area contributed by atoms with E-state index >= 15 is 0 Å². The van der Waals surface area contributed by atoms with Crippen molar-refractivity contribution in [3.63, 3.8) is 0 Å². The highest BCUT2D eigenvalue weighted by atomic mass is 15.3. The molecule has 0 unspecified atom stereocenters. The minimum atomic E-state index is 0.132. The molecule has 3 rings (SSSR count). The van der Waals surface area contributed by atoms with Crippen molar-refractivity contribution in [1.29, 1.82) is 0 Å². The molecule has 0 amide bonds. The van der Waals surface area contributed by atoms with Crippen molar-refractivity contribution < 1.29 is 0 Å². The molecule has 0 bridgehead atoms. The van der Waals surface area contributed by atoms with E-state index in [4.69, 9.17) is 0 Å². The second-order valence-electron chi connectivity index (χ2n) is 8.86. The second kappa shape index (κ2) is 3.26. The minimum Gasteiger partial charge on any atom is -0.359 e. The molecule has 0 aliphatic carbocycles. The van der Waals surface area contributed by atoms with E-state index in [9.17, 15) is 0 Å². The maximum absolute atomic E-state index is 2.72. The van der Waals surface area contributed by atoms with Gasteiger partial charge in [-0.05, 0) is 51.3 Å². The van der Waals surface area contributed by atoms with E-state index in [0.717, 1.165) is 0 Å². The van der Waals surface area contributed by atoms with Gasteiger partial charge >= 0.3 is 0 Å². The molecule has 0 N–H and O–H groups in total. The van der Waals surface area contributed by atoms with Crippen molar-refractivity contribution in [3.8, 4) is 0 Å². The number of aryl methyl sites for hydroxylation is 1. The van der Waals surface area contributed by atoms with E-state index in [1.165, 1.54) is 16.8 Å². The van der Waals surface area contributed by atoms with Crippen LogP contribution in [0.1, 0.15) is 72.1 Å². The Morgan fingerprint density at radius 2 is 1.25 bits per heavy atom. The molecule has 1 aromatic carbocycles. The Morgan fingerprint density at radius 1 is 0.750 bits per heavy atom. The summed E-state index contributed by atoms with van der Waals surface area (Å²) in [5.41, 5.74) is 6.69. The quantitative estimate of drug-likeness (QED) is 0.646. The van der Waals surface area contributed by atoms with Crippen LogP contribution in [0.3, 0.4) is 0 Å². The van der Waals surface area contributed by atoms with Gasteiger partial charge < -0.3 is 4.90 Å². The molecule has 0 aromatic heterocycles. The van der Waals surface area contributed by atoms with E-state index < -0.39 is 0 Å². The first-order valence-corrected chi connectivity index (χ1v) is 7.83. The number of rotatable bonds is 0. The Labute approximate surface area is 124 Å². The molecule has 110 valence electrons. The third kappa shape index (κ3) is 1.14. The van der Waals surface area contributed by atoms with Crippen LogP contribution in [-0.4, -0.2) is 11.1 Å². The first kappa shape index (κ1) is 14.0. The van der Waals surface area contributed by atoms with Gasteiger partial charge in [0, 0.05) is 27.6 Å². The van der Waals surface area contributed by atoms with Gasteiger partial charge in [-0.2, -0.15) is 0 Å². The van der Waals surface area contributed by atoms with Crippen molar-refractivity contribution in [2.24, 2.45) is 0 Å². The van der Waals surface area contributed by atoms with Crippen molar-refractivity contribution in [1.82, 2.24) is 0 Å². The number of nitrogens with zero attached hydrogens (tertiary/aromatic N) is 1. The normalized spacial score (nSPS) is 26.8. The van der Waals surface area contributed by atoms with Crippen LogP contribution in [0, 0.1) is 6.92 Å². The predicted molar refractivity (Wildman–Crippen MR) is 87.9 cm³/mol. The third-order valence-electron chi connectivity index (χ3n) is 7.09. The van der Waals surface area contributed by atoms with Gasteiger partial charge in [0.2, 0.25) is 0 Å². The molecule has 0 spiro atoms. The van der Waals surface area contributed by atoms with Crippen LogP contribution in [0.15, 0.2) is 12.1 Å². The van der Waals surface area contributed by atoms with Gasteiger partial charge in [-0.3, -0.25) is 0 Å². The van der Waals surface area contributed by atoms with Crippen LogP contribution in [-0.2, 0) is 10.8 Å².